The number of aromatic nitrogens is 2. The van der Waals surface area contributed by atoms with Gasteiger partial charge >= 0.3 is 12.1 Å². The molecular formula is C18H23F3N4O4. The molecule has 0 spiro atoms. The van der Waals surface area contributed by atoms with Gasteiger partial charge in [0.25, 0.3) is 0 Å². The molecular weight excluding hydrogens is 393 g/mol. The summed E-state index contributed by atoms with van der Waals surface area (Å²) in [7, 11) is 0. The Morgan fingerprint density at radius 3 is 2.03 bits per heavy atom. The van der Waals surface area contributed by atoms with E-state index in [1.807, 2.05) is 6.07 Å². The molecule has 3 aliphatic heterocycles. The van der Waals surface area contributed by atoms with Crippen molar-refractivity contribution in [3.63, 3.8) is 0 Å². The van der Waals surface area contributed by atoms with Crippen molar-refractivity contribution < 1.29 is 32.6 Å². The highest BCUT2D eigenvalue weighted by Crippen LogP contribution is 2.34. The number of nitrogens with zero attached hydrogens (tertiary/aromatic N) is 4. The van der Waals surface area contributed by atoms with Gasteiger partial charge in [0.05, 0.1) is 0 Å². The number of likely N-dealkylation sites (tertiary alicyclic amines) is 1. The Morgan fingerprint density at radius 1 is 1.03 bits per heavy atom. The minimum Gasteiger partial charge on any atom is -0.475 e. The van der Waals surface area contributed by atoms with Crippen LogP contribution in [0.5, 0.6) is 0 Å². The first-order valence-corrected chi connectivity index (χ1v) is 9.44. The van der Waals surface area contributed by atoms with Crippen LogP contribution in [0.15, 0.2) is 18.5 Å². The van der Waals surface area contributed by atoms with E-state index in [-0.39, 0.29) is 5.92 Å². The molecule has 0 aliphatic carbocycles. The van der Waals surface area contributed by atoms with E-state index >= 15 is 0 Å². The maximum Gasteiger partial charge on any atom is 0.490 e. The lowest BCUT2D eigenvalue weighted by atomic mass is 9.99. The number of alkyl halides is 3. The lowest BCUT2D eigenvalue weighted by Gasteiger charge is -2.27. The van der Waals surface area contributed by atoms with E-state index in [1.54, 1.807) is 12.4 Å². The summed E-state index contributed by atoms with van der Waals surface area (Å²) in [4.78, 5) is 34.5. The van der Waals surface area contributed by atoms with Crippen LogP contribution in [0, 0.1) is 17.8 Å². The summed E-state index contributed by atoms with van der Waals surface area (Å²) in [6.07, 6.45) is 0.262. The molecule has 1 N–H and O–H groups in total. The zero-order valence-corrected chi connectivity index (χ0v) is 15.7. The summed E-state index contributed by atoms with van der Waals surface area (Å²) < 4.78 is 37.1. The van der Waals surface area contributed by atoms with E-state index in [0.717, 1.165) is 58.2 Å². The van der Waals surface area contributed by atoms with Crippen molar-refractivity contribution in [2.75, 3.05) is 44.3 Å². The predicted molar refractivity (Wildman–Crippen MR) is 95.0 cm³/mol. The Kier molecular flexibility index (Phi) is 6.56. The fraction of sp³-hybridized carbons (Fsp3) is 0.667. The molecule has 8 nitrogen and oxygen atoms in total. The van der Waals surface area contributed by atoms with Crippen LogP contribution in [0.25, 0.3) is 0 Å². The first kappa shape index (κ1) is 21.3. The molecule has 3 fully saturated rings. The Morgan fingerprint density at radius 2 is 1.55 bits per heavy atom. The number of fused-ring (bicyclic) bond motifs is 1. The van der Waals surface area contributed by atoms with Gasteiger partial charge in [-0.15, -0.1) is 0 Å². The summed E-state index contributed by atoms with van der Waals surface area (Å²) in [5.74, 6) is -0.284. The van der Waals surface area contributed by atoms with Gasteiger partial charge in [-0.1, -0.05) is 0 Å². The molecule has 0 saturated carbocycles. The monoisotopic (exact) mass is 416 g/mol. The summed E-state index contributed by atoms with van der Waals surface area (Å²) in [5, 5.41) is 7.12. The van der Waals surface area contributed by atoms with Crippen molar-refractivity contribution in [3.05, 3.63) is 18.5 Å². The number of hydrogen-bond acceptors (Lipinski definition) is 6. The van der Waals surface area contributed by atoms with Crippen molar-refractivity contribution in [1.82, 2.24) is 14.9 Å². The first-order valence-electron chi connectivity index (χ1n) is 9.44. The third-order valence-electron chi connectivity index (χ3n) is 5.45. The fourth-order valence-electron chi connectivity index (χ4n) is 3.99. The standard InChI is InChI=1S/C16H22N4O2.C2HF3O2/c21-15(12-2-6-22-7-3-12)19-8-13-10-20(11-14(13)9-19)16-17-4-1-5-18-16;3-2(4,5)1(6)7/h1,4-5,12-14H,2-3,6-11H2;(H,6,7). The van der Waals surface area contributed by atoms with Crippen molar-refractivity contribution in [3.8, 4) is 0 Å². The lowest BCUT2D eigenvalue weighted by Crippen LogP contribution is -2.39. The van der Waals surface area contributed by atoms with Gasteiger partial charge in [-0.05, 0) is 18.9 Å². The molecule has 1 aromatic heterocycles. The normalized spacial score (nSPS) is 24.7. The summed E-state index contributed by atoms with van der Waals surface area (Å²) in [5.41, 5.74) is 0. The number of amides is 1. The topological polar surface area (TPSA) is 95.9 Å². The van der Waals surface area contributed by atoms with E-state index in [1.165, 1.54) is 0 Å². The van der Waals surface area contributed by atoms with Gasteiger partial charge in [0.1, 0.15) is 0 Å². The molecule has 160 valence electrons. The number of carbonyl (C=O) groups is 2. The molecule has 11 heteroatoms. The van der Waals surface area contributed by atoms with Crippen LogP contribution in [0.2, 0.25) is 0 Å². The maximum atomic E-state index is 12.6. The second-order valence-corrected chi connectivity index (χ2v) is 7.41. The average molecular weight is 416 g/mol. The van der Waals surface area contributed by atoms with Gasteiger partial charge in [-0.3, -0.25) is 4.79 Å². The molecule has 2 atom stereocenters. The molecule has 29 heavy (non-hydrogen) atoms. The second kappa shape index (κ2) is 8.93. The molecule has 3 aliphatic rings. The number of anilines is 1. The number of halogens is 3. The van der Waals surface area contributed by atoms with Crippen LogP contribution >= 0.6 is 0 Å². The molecule has 0 bridgehead atoms. The number of carbonyl (C=O) groups excluding carboxylic acids is 1. The maximum absolute atomic E-state index is 12.6. The Labute approximate surface area is 165 Å². The van der Waals surface area contributed by atoms with Crippen LogP contribution in [0.3, 0.4) is 0 Å². The third-order valence-corrected chi connectivity index (χ3v) is 5.45. The number of ether oxygens (including phenoxy) is 1. The van der Waals surface area contributed by atoms with E-state index < -0.39 is 12.1 Å². The molecule has 0 aromatic carbocycles. The van der Waals surface area contributed by atoms with Crippen LogP contribution in [0.1, 0.15) is 12.8 Å². The van der Waals surface area contributed by atoms with Crippen LogP contribution < -0.4 is 4.90 Å². The van der Waals surface area contributed by atoms with Crippen LogP contribution in [-0.4, -0.2) is 77.4 Å². The molecule has 1 amide bonds. The molecule has 1 aromatic rings. The van der Waals surface area contributed by atoms with Crippen molar-refractivity contribution in [1.29, 1.82) is 0 Å². The Balaban J connectivity index is 0.000000298. The predicted octanol–water partition coefficient (Wildman–Crippen LogP) is 1.43. The summed E-state index contributed by atoms with van der Waals surface area (Å²) in [6.45, 7) is 5.18. The summed E-state index contributed by atoms with van der Waals surface area (Å²) in [6, 6.07) is 1.84. The van der Waals surface area contributed by atoms with Crippen molar-refractivity contribution in [2.24, 2.45) is 17.8 Å². The highest BCUT2D eigenvalue weighted by atomic mass is 19.4. The minimum atomic E-state index is -5.08. The molecule has 3 saturated heterocycles. The largest absolute Gasteiger partial charge is 0.490 e. The smallest absolute Gasteiger partial charge is 0.475 e. The van der Waals surface area contributed by atoms with Gasteiger partial charge in [0.15, 0.2) is 0 Å². The highest BCUT2D eigenvalue weighted by molar-refractivity contribution is 5.79. The number of carboxylic acid groups (broad SMARTS) is 1. The Bertz CT molecular complexity index is 699. The molecule has 0 radical (unpaired) electrons. The average Bonchev–Trinajstić information content (AvgIpc) is 3.28. The number of rotatable bonds is 2. The molecule has 4 heterocycles. The minimum absolute atomic E-state index is 0.182. The zero-order valence-electron chi connectivity index (χ0n) is 15.7. The van der Waals surface area contributed by atoms with Gasteiger partial charge in [0, 0.05) is 69.5 Å². The van der Waals surface area contributed by atoms with E-state index in [2.05, 4.69) is 19.8 Å². The lowest BCUT2D eigenvalue weighted by molar-refractivity contribution is -0.192. The third kappa shape index (κ3) is 5.34. The van der Waals surface area contributed by atoms with Crippen LogP contribution in [-0.2, 0) is 14.3 Å². The van der Waals surface area contributed by atoms with E-state index in [0.29, 0.717) is 17.7 Å². The number of aliphatic carboxylic acids is 1. The second-order valence-electron chi connectivity index (χ2n) is 7.41. The Hall–Kier alpha value is -2.43. The zero-order chi connectivity index (χ0) is 21.0. The SMILES string of the molecule is O=C(C1CCOCC1)N1CC2CN(c3ncccn3)CC2C1.O=C(O)C(F)(F)F. The molecule has 4 rings (SSSR count). The summed E-state index contributed by atoms with van der Waals surface area (Å²) >= 11 is 0. The number of hydrogen-bond donors (Lipinski definition) is 1. The van der Waals surface area contributed by atoms with E-state index in [9.17, 15) is 18.0 Å². The van der Waals surface area contributed by atoms with Gasteiger partial charge in [-0.25, -0.2) is 14.8 Å². The van der Waals surface area contributed by atoms with Crippen molar-refractivity contribution in [2.45, 2.75) is 19.0 Å². The highest BCUT2D eigenvalue weighted by Gasteiger charge is 2.43. The number of carboxylic acids is 1. The first-order chi connectivity index (χ1) is 13.8. The van der Waals surface area contributed by atoms with Crippen molar-refractivity contribution >= 4 is 17.8 Å². The van der Waals surface area contributed by atoms with Gasteiger partial charge < -0.3 is 19.6 Å². The quantitative estimate of drug-likeness (QED) is 0.779. The fourth-order valence-corrected chi connectivity index (χ4v) is 3.99. The molecule has 2 unspecified atom stereocenters. The van der Waals surface area contributed by atoms with E-state index in [4.69, 9.17) is 14.6 Å². The van der Waals surface area contributed by atoms with Gasteiger partial charge in [0.2, 0.25) is 11.9 Å². The van der Waals surface area contributed by atoms with Crippen LogP contribution in [0.4, 0.5) is 19.1 Å². The van der Waals surface area contributed by atoms with Gasteiger partial charge in [-0.2, -0.15) is 13.2 Å².